The summed E-state index contributed by atoms with van der Waals surface area (Å²) < 4.78 is 26.8. The van der Waals surface area contributed by atoms with Crippen molar-refractivity contribution in [2.24, 2.45) is 0 Å². The number of aliphatic carboxylic acids is 1. The fraction of sp³-hybridized carbons (Fsp3) is 0.367. The van der Waals surface area contributed by atoms with Gasteiger partial charge in [-0.25, -0.2) is 4.39 Å². The number of carbonyl (C=O) groups is 1. The Morgan fingerprint density at radius 3 is 2.34 bits per heavy atom. The van der Waals surface area contributed by atoms with Crippen LogP contribution in [0.1, 0.15) is 66.7 Å². The largest absolute Gasteiger partial charge is 0.493 e. The lowest BCUT2D eigenvalue weighted by molar-refractivity contribution is -0.134. The highest BCUT2D eigenvalue weighted by atomic mass is 19.1. The van der Waals surface area contributed by atoms with Gasteiger partial charge in [-0.1, -0.05) is 43.7 Å². The van der Waals surface area contributed by atoms with Crippen LogP contribution in [0.5, 0.6) is 11.5 Å². The Hall–Kier alpha value is -3.34. The molecule has 2 aliphatic rings. The van der Waals surface area contributed by atoms with Crippen molar-refractivity contribution in [3.05, 3.63) is 81.7 Å². The standard InChI is InChI=1S/C26H25FO2.C2H4O2.C2H6/c1-15-12-16(2)25(17(3)13-15)20-6-8-22(27)26-21(20)7-9-23(26)29-19-5-4-18-10-11-28-24(18)14-19;1-2(3)4;1-2/h4-6,8,12-14,23H,7,9-11H2,1-3H3;1H3,(H,3,4);1-2H3. The fourth-order valence-corrected chi connectivity index (χ4v) is 5.01. The Labute approximate surface area is 207 Å². The maximum absolute atomic E-state index is 14.9. The zero-order valence-corrected chi connectivity index (χ0v) is 21.5. The van der Waals surface area contributed by atoms with Gasteiger partial charge in [-0.15, -0.1) is 0 Å². The van der Waals surface area contributed by atoms with Crippen LogP contribution in [-0.4, -0.2) is 17.7 Å². The topological polar surface area (TPSA) is 55.8 Å². The Kier molecular flexibility index (Phi) is 8.55. The molecule has 0 fully saturated rings. The highest BCUT2D eigenvalue weighted by Gasteiger charge is 2.31. The average Bonchev–Trinajstić information content (AvgIpc) is 3.43. The summed E-state index contributed by atoms with van der Waals surface area (Å²) in [7, 11) is 0. The molecular formula is C30H35FO4. The van der Waals surface area contributed by atoms with Crippen molar-refractivity contribution >= 4 is 5.97 Å². The van der Waals surface area contributed by atoms with Crippen LogP contribution in [-0.2, 0) is 17.6 Å². The van der Waals surface area contributed by atoms with Gasteiger partial charge >= 0.3 is 0 Å². The monoisotopic (exact) mass is 478 g/mol. The molecule has 3 aromatic carbocycles. The number of benzene rings is 3. The van der Waals surface area contributed by atoms with Crippen LogP contribution in [0.25, 0.3) is 11.1 Å². The third kappa shape index (κ3) is 5.84. The van der Waals surface area contributed by atoms with Crippen molar-refractivity contribution in [1.29, 1.82) is 0 Å². The van der Waals surface area contributed by atoms with E-state index in [0.29, 0.717) is 5.56 Å². The second kappa shape index (κ2) is 11.4. The van der Waals surface area contributed by atoms with Crippen molar-refractivity contribution in [2.45, 2.75) is 66.9 Å². The maximum Gasteiger partial charge on any atom is 0.300 e. The molecule has 0 aromatic heterocycles. The van der Waals surface area contributed by atoms with Gasteiger partial charge in [0.1, 0.15) is 23.4 Å². The van der Waals surface area contributed by atoms with Gasteiger partial charge in [0, 0.05) is 25.0 Å². The number of hydrogen-bond donors (Lipinski definition) is 1. The van der Waals surface area contributed by atoms with Crippen molar-refractivity contribution in [1.82, 2.24) is 0 Å². The molecule has 5 rings (SSSR count). The van der Waals surface area contributed by atoms with Crippen LogP contribution >= 0.6 is 0 Å². The molecule has 0 saturated heterocycles. The molecule has 0 radical (unpaired) electrons. The van der Waals surface area contributed by atoms with Gasteiger partial charge in [0.2, 0.25) is 0 Å². The fourth-order valence-electron chi connectivity index (χ4n) is 5.01. The van der Waals surface area contributed by atoms with E-state index in [1.807, 2.05) is 32.0 Å². The molecule has 1 aliphatic carbocycles. The molecule has 3 aromatic rings. The molecule has 186 valence electrons. The van der Waals surface area contributed by atoms with Gasteiger partial charge in [-0.3, -0.25) is 4.79 Å². The number of halogens is 1. The van der Waals surface area contributed by atoms with E-state index in [0.717, 1.165) is 55.4 Å². The summed E-state index contributed by atoms with van der Waals surface area (Å²) in [5, 5.41) is 7.42. The number of ether oxygens (including phenoxy) is 2. The van der Waals surface area contributed by atoms with Crippen LogP contribution in [0.2, 0.25) is 0 Å². The minimum Gasteiger partial charge on any atom is -0.493 e. The van der Waals surface area contributed by atoms with Crippen LogP contribution in [0.4, 0.5) is 4.39 Å². The predicted octanol–water partition coefficient (Wildman–Crippen LogP) is 7.54. The first-order chi connectivity index (χ1) is 16.7. The van der Waals surface area contributed by atoms with Gasteiger partial charge in [0.25, 0.3) is 5.97 Å². The summed E-state index contributed by atoms with van der Waals surface area (Å²) in [6, 6.07) is 13.9. The molecule has 0 amide bonds. The predicted molar refractivity (Wildman–Crippen MR) is 138 cm³/mol. The van der Waals surface area contributed by atoms with Gasteiger partial charge in [0.05, 0.1) is 6.61 Å². The molecule has 1 unspecified atom stereocenters. The lowest BCUT2D eigenvalue weighted by Gasteiger charge is -2.19. The van der Waals surface area contributed by atoms with Gasteiger partial charge < -0.3 is 14.6 Å². The molecule has 0 saturated carbocycles. The van der Waals surface area contributed by atoms with E-state index < -0.39 is 5.97 Å². The smallest absolute Gasteiger partial charge is 0.300 e. The van der Waals surface area contributed by atoms with Crippen molar-refractivity contribution < 1.29 is 23.8 Å². The SMILES string of the molecule is CC.CC(=O)O.Cc1cc(C)c(-c2ccc(F)c3c2CCC3Oc2ccc3c(c2)OCC3)c(C)c1. The summed E-state index contributed by atoms with van der Waals surface area (Å²) in [6.45, 7) is 12.2. The molecule has 0 spiro atoms. The Balaban J connectivity index is 0.000000521. The van der Waals surface area contributed by atoms with E-state index in [-0.39, 0.29) is 11.9 Å². The summed E-state index contributed by atoms with van der Waals surface area (Å²) in [6.07, 6.45) is 2.28. The van der Waals surface area contributed by atoms with Gasteiger partial charge in [0.15, 0.2) is 0 Å². The Morgan fingerprint density at radius 2 is 1.69 bits per heavy atom. The van der Waals surface area contributed by atoms with Crippen LogP contribution in [0.15, 0.2) is 42.5 Å². The lowest BCUT2D eigenvalue weighted by Crippen LogP contribution is -2.06. The molecule has 1 heterocycles. The zero-order chi connectivity index (χ0) is 25.7. The summed E-state index contributed by atoms with van der Waals surface area (Å²) in [5.41, 5.74) is 9.09. The lowest BCUT2D eigenvalue weighted by atomic mass is 9.89. The zero-order valence-electron chi connectivity index (χ0n) is 21.5. The molecule has 4 nitrogen and oxygen atoms in total. The Bertz CT molecular complexity index is 1190. The molecule has 1 atom stereocenters. The number of carboxylic acids is 1. The number of aryl methyl sites for hydroxylation is 3. The molecular weight excluding hydrogens is 443 g/mol. The quantitative estimate of drug-likeness (QED) is 0.423. The van der Waals surface area contributed by atoms with E-state index in [1.54, 1.807) is 6.07 Å². The van der Waals surface area contributed by atoms with Crippen LogP contribution in [0.3, 0.4) is 0 Å². The molecule has 0 bridgehead atoms. The van der Waals surface area contributed by atoms with Crippen molar-refractivity contribution in [2.75, 3.05) is 6.61 Å². The van der Waals surface area contributed by atoms with Gasteiger partial charge in [-0.2, -0.15) is 0 Å². The minimum atomic E-state index is -0.833. The number of hydrogen-bond acceptors (Lipinski definition) is 3. The van der Waals surface area contributed by atoms with Crippen molar-refractivity contribution in [3.63, 3.8) is 0 Å². The maximum atomic E-state index is 14.9. The highest BCUT2D eigenvalue weighted by molar-refractivity contribution is 5.76. The number of carboxylic acid groups (broad SMARTS) is 1. The van der Waals surface area contributed by atoms with Crippen LogP contribution in [0, 0.1) is 26.6 Å². The molecule has 1 N–H and O–H groups in total. The van der Waals surface area contributed by atoms with Crippen LogP contribution < -0.4 is 9.47 Å². The van der Waals surface area contributed by atoms with E-state index in [1.165, 1.54) is 27.8 Å². The average molecular weight is 479 g/mol. The van der Waals surface area contributed by atoms with E-state index in [9.17, 15) is 4.39 Å². The summed E-state index contributed by atoms with van der Waals surface area (Å²) >= 11 is 0. The number of rotatable bonds is 3. The normalized spacial score (nSPS) is 15.0. The second-order valence-electron chi connectivity index (χ2n) is 8.79. The first-order valence-corrected chi connectivity index (χ1v) is 12.3. The Morgan fingerprint density at radius 1 is 1.03 bits per heavy atom. The first-order valence-electron chi connectivity index (χ1n) is 12.3. The second-order valence-corrected chi connectivity index (χ2v) is 8.79. The summed E-state index contributed by atoms with van der Waals surface area (Å²) in [4.78, 5) is 9.00. The molecule has 1 aliphatic heterocycles. The highest BCUT2D eigenvalue weighted by Crippen LogP contribution is 2.43. The van der Waals surface area contributed by atoms with Crippen molar-refractivity contribution in [3.8, 4) is 22.6 Å². The van der Waals surface area contributed by atoms with E-state index in [4.69, 9.17) is 19.4 Å². The summed E-state index contributed by atoms with van der Waals surface area (Å²) in [5.74, 6) is 0.628. The minimum absolute atomic E-state index is 0.175. The molecule has 35 heavy (non-hydrogen) atoms. The first kappa shape index (κ1) is 26.3. The third-order valence-electron chi connectivity index (χ3n) is 6.17. The third-order valence-corrected chi connectivity index (χ3v) is 6.17. The van der Waals surface area contributed by atoms with E-state index in [2.05, 4.69) is 39.0 Å². The van der Waals surface area contributed by atoms with E-state index >= 15 is 0 Å². The molecule has 5 heteroatoms. The number of fused-ring (bicyclic) bond motifs is 2. The van der Waals surface area contributed by atoms with Gasteiger partial charge in [-0.05, 0) is 79.1 Å².